The predicted molar refractivity (Wildman–Crippen MR) is 77.0 cm³/mol. The number of anilines is 1. The van der Waals surface area contributed by atoms with Crippen molar-refractivity contribution in [1.82, 2.24) is 9.88 Å². The van der Waals surface area contributed by atoms with E-state index in [0.717, 1.165) is 38.3 Å². The highest BCUT2D eigenvalue weighted by atomic mass is 35.5. The predicted octanol–water partition coefficient (Wildman–Crippen LogP) is 3.01. The summed E-state index contributed by atoms with van der Waals surface area (Å²) in [6, 6.07) is 0.937. The molecule has 0 radical (unpaired) electrons. The van der Waals surface area contributed by atoms with Gasteiger partial charge < -0.3 is 9.64 Å². The van der Waals surface area contributed by atoms with E-state index in [1.165, 1.54) is 0 Å². The molecule has 1 spiro atoms. The van der Waals surface area contributed by atoms with Crippen LogP contribution in [0.2, 0.25) is 5.02 Å². The van der Waals surface area contributed by atoms with Crippen molar-refractivity contribution < 1.29 is 17.9 Å². The molecule has 2 saturated heterocycles. The number of pyridine rings is 1. The van der Waals surface area contributed by atoms with Crippen LogP contribution in [-0.4, -0.2) is 48.9 Å². The normalized spacial score (nSPS) is 22.5. The monoisotopic (exact) mass is 335 g/mol. The van der Waals surface area contributed by atoms with Crippen molar-refractivity contribution in [3.8, 4) is 0 Å². The van der Waals surface area contributed by atoms with Crippen LogP contribution in [-0.2, 0) is 10.9 Å². The van der Waals surface area contributed by atoms with Crippen molar-refractivity contribution in [2.45, 2.75) is 24.7 Å². The second-order valence-corrected chi connectivity index (χ2v) is 6.14. The Kier molecular flexibility index (Phi) is 3.99. The molecule has 8 heteroatoms. The second-order valence-electron chi connectivity index (χ2n) is 5.73. The summed E-state index contributed by atoms with van der Waals surface area (Å²) in [5.41, 5.74) is -1.07. The lowest BCUT2D eigenvalue weighted by Gasteiger charge is -2.42. The first-order valence-corrected chi connectivity index (χ1v) is 7.52. The molecule has 0 saturated carbocycles. The van der Waals surface area contributed by atoms with Crippen LogP contribution in [0.4, 0.5) is 19.0 Å². The number of rotatable bonds is 1. The molecule has 2 fully saturated rings. The largest absolute Gasteiger partial charge is 0.417 e. The number of aromatic nitrogens is 1. The van der Waals surface area contributed by atoms with Crippen LogP contribution in [0.1, 0.15) is 18.4 Å². The van der Waals surface area contributed by atoms with E-state index in [1.807, 2.05) is 11.9 Å². The van der Waals surface area contributed by atoms with Gasteiger partial charge in [-0.1, -0.05) is 11.6 Å². The van der Waals surface area contributed by atoms with E-state index in [4.69, 9.17) is 16.3 Å². The van der Waals surface area contributed by atoms with E-state index in [0.29, 0.717) is 18.9 Å². The third-order valence-electron chi connectivity index (χ3n) is 4.49. The third kappa shape index (κ3) is 2.77. The molecular formula is C14H17ClF3N3O. The highest BCUT2D eigenvalue weighted by molar-refractivity contribution is 6.33. The fourth-order valence-corrected chi connectivity index (χ4v) is 3.38. The lowest BCUT2D eigenvalue weighted by molar-refractivity contribution is -0.137. The molecule has 3 rings (SSSR count). The molecule has 0 bridgehead atoms. The third-order valence-corrected chi connectivity index (χ3v) is 4.76. The first kappa shape index (κ1) is 15.8. The molecule has 0 unspecified atom stereocenters. The Morgan fingerprint density at radius 1 is 1.27 bits per heavy atom. The zero-order valence-electron chi connectivity index (χ0n) is 12.2. The molecule has 0 atom stereocenters. The van der Waals surface area contributed by atoms with Crippen molar-refractivity contribution in [3.63, 3.8) is 0 Å². The standard InChI is InChI=1S/C14H17ClF3N3O/c1-20-6-7-22-13(20)2-4-21(5-3-13)12-11(15)8-10(9-19-12)14(16,17)18/h8-9H,2-7H2,1H3. The van der Waals surface area contributed by atoms with Crippen LogP contribution >= 0.6 is 11.6 Å². The zero-order chi connectivity index (χ0) is 16.0. The zero-order valence-corrected chi connectivity index (χ0v) is 12.9. The smallest absolute Gasteiger partial charge is 0.359 e. The molecule has 2 aliphatic rings. The van der Waals surface area contributed by atoms with E-state index in [1.54, 1.807) is 0 Å². The van der Waals surface area contributed by atoms with E-state index >= 15 is 0 Å². The van der Waals surface area contributed by atoms with Gasteiger partial charge in [-0.2, -0.15) is 13.2 Å². The molecule has 0 aromatic carbocycles. The van der Waals surface area contributed by atoms with E-state index in [9.17, 15) is 13.2 Å². The van der Waals surface area contributed by atoms with Crippen molar-refractivity contribution >= 4 is 17.4 Å². The maximum atomic E-state index is 12.7. The van der Waals surface area contributed by atoms with Crippen LogP contribution in [0.3, 0.4) is 0 Å². The van der Waals surface area contributed by atoms with Crippen LogP contribution < -0.4 is 4.90 Å². The van der Waals surface area contributed by atoms with Gasteiger partial charge in [0.25, 0.3) is 0 Å². The van der Waals surface area contributed by atoms with Crippen LogP contribution in [0.5, 0.6) is 0 Å². The van der Waals surface area contributed by atoms with Crippen LogP contribution in [0.15, 0.2) is 12.3 Å². The molecule has 0 amide bonds. The molecular weight excluding hydrogens is 319 g/mol. The highest BCUT2D eigenvalue weighted by Crippen LogP contribution is 2.37. The van der Waals surface area contributed by atoms with Gasteiger partial charge in [-0.3, -0.25) is 4.90 Å². The van der Waals surface area contributed by atoms with Crippen LogP contribution in [0.25, 0.3) is 0 Å². The summed E-state index contributed by atoms with van der Waals surface area (Å²) in [6.45, 7) is 2.93. The highest BCUT2D eigenvalue weighted by Gasteiger charge is 2.43. The molecule has 3 heterocycles. The van der Waals surface area contributed by atoms with Gasteiger partial charge in [0, 0.05) is 38.7 Å². The molecule has 2 aliphatic heterocycles. The average molecular weight is 336 g/mol. The topological polar surface area (TPSA) is 28.6 Å². The van der Waals surface area contributed by atoms with Gasteiger partial charge in [0.05, 0.1) is 17.2 Å². The number of hydrogen-bond donors (Lipinski definition) is 0. The Morgan fingerprint density at radius 2 is 1.95 bits per heavy atom. The number of hydrogen-bond acceptors (Lipinski definition) is 4. The summed E-state index contributed by atoms with van der Waals surface area (Å²) in [5.74, 6) is 0.408. The number of likely N-dealkylation sites (N-methyl/N-ethyl adjacent to an activating group) is 1. The summed E-state index contributed by atoms with van der Waals surface area (Å²) in [7, 11) is 2.03. The summed E-state index contributed by atoms with van der Waals surface area (Å²) in [5, 5.41) is 0.0338. The van der Waals surface area contributed by atoms with Gasteiger partial charge in [-0.15, -0.1) is 0 Å². The Bertz CT molecular complexity index is 559. The lowest BCUT2D eigenvalue weighted by atomic mass is 9.99. The van der Waals surface area contributed by atoms with E-state index < -0.39 is 11.7 Å². The Hall–Kier alpha value is -1.05. The Labute approximate surface area is 131 Å². The van der Waals surface area contributed by atoms with Gasteiger partial charge in [0.15, 0.2) is 0 Å². The number of halogens is 4. The van der Waals surface area contributed by atoms with Crippen molar-refractivity contribution in [3.05, 3.63) is 22.8 Å². The van der Waals surface area contributed by atoms with Gasteiger partial charge in [0.1, 0.15) is 11.5 Å². The first-order valence-electron chi connectivity index (χ1n) is 7.15. The SMILES string of the molecule is CN1CCOC12CCN(c1ncc(C(F)(F)F)cc1Cl)CC2. The van der Waals surface area contributed by atoms with Gasteiger partial charge in [0.2, 0.25) is 0 Å². The van der Waals surface area contributed by atoms with Gasteiger partial charge >= 0.3 is 6.18 Å². The van der Waals surface area contributed by atoms with Crippen molar-refractivity contribution in [1.29, 1.82) is 0 Å². The minimum atomic E-state index is -4.43. The summed E-state index contributed by atoms with van der Waals surface area (Å²) in [6.07, 6.45) is -2.03. The maximum absolute atomic E-state index is 12.7. The fourth-order valence-electron chi connectivity index (χ4n) is 3.10. The lowest BCUT2D eigenvalue weighted by Crippen LogP contribution is -2.51. The molecule has 1 aromatic rings. The molecule has 1 aromatic heterocycles. The Balaban J connectivity index is 1.74. The minimum Gasteiger partial charge on any atom is -0.359 e. The van der Waals surface area contributed by atoms with Gasteiger partial charge in [-0.25, -0.2) is 4.98 Å². The van der Waals surface area contributed by atoms with Gasteiger partial charge in [-0.05, 0) is 13.1 Å². The first-order chi connectivity index (χ1) is 10.3. The summed E-state index contributed by atoms with van der Waals surface area (Å²) < 4.78 is 43.8. The summed E-state index contributed by atoms with van der Waals surface area (Å²) in [4.78, 5) is 8.04. The molecule has 0 aliphatic carbocycles. The molecule has 122 valence electrons. The number of ether oxygens (including phenoxy) is 1. The fraction of sp³-hybridized carbons (Fsp3) is 0.643. The maximum Gasteiger partial charge on any atom is 0.417 e. The average Bonchev–Trinajstić information content (AvgIpc) is 2.80. The minimum absolute atomic E-state index is 0.0338. The quantitative estimate of drug-likeness (QED) is 0.789. The van der Waals surface area contributed by atoms with Crippen LogP contribution in [0, 0.1) is 0 Å². The number of alkyl halides is 3. The summed E-state index contributed by atoms with van der Waals surface area (Å²) >= 11 is 6.00. The second kappa shape index (κ2) is 5.54. The van der Waals surface area contributed by atoms with Crippen molar-refractivity contribution in [2.75, 3.05) is 38.2 Å². The number of nitrogens with zero attached hydrogens (tertiary/aromatic N) is 3. The molecule has 0 N–H and O–H groups in total. The van der Waals surface area contributed by atoms with Crippen molar-refractivity contribution in [2.24, 2.45) is 0 Å². The Morgan fingerprint density at radius 3 is 2.45 bits per heavy atom. The number of piperidine rings is 1. The van der Waals surface area contributed by atoms with E-state index in [2.05, 4.69) is 9.88 Å². The molecule has 22 heavy (non-hydrogen) atoms. The molecule has 4 nitrogen and oxygen atoms in total. The van der Waals surface area contributed by atoms with E-state index in [-0.39, 0.29) is 10.7 Å².